The molecule has 28 heavy (non-hydrogen) atoms. The van der Waals surface area contributed by atoms with Gasteiger partial charge in [0.1, 0.15) is 6.04 Å². The average Bonchev–Trinajstić information content (AvgIpc) is 2.72. The quantitative estimate of drug-likeness (QED) is 0.433. The molecule has 0 aliphatic heterocycles. The minimum atomic E-state index is -0.802. The first-order valence-corrected chi connectivity index (χ1v) is 9.47. The Morgan fingerprint density at radius 1 is 1.07 bits per heavy atom. The van der Waals surface area contributed by atoms with E-state index in [-0.39, 0.29) is 25.7 Å². The summed E-state index contributed by atoms with van der Waals surface area (Å²) in [4.78, 5) is 25.2. The van der Waals surface area contributed by atoms with Crippen molar-refractivity contribution in [1.29, 1.82) is 0 Å². The zero-order valence-electron chi connectivity index (χ0n) is 16.2. The molecule has 0 fully saturated rings. The van der Waals surface area contributed by atoms with Crippen LogP contribution in [0.4, 0.5) is 0 Å². The highest BCUT2D eigenvalue weighted by atomic mass is 16.5. The number of carbonyl (C=O) groups excluding carboxylic acids is 2. The molecule has 0 unspecified atom stereocenters. The van der Waals surface area contributed by atoms with Crippen molar-refractivity contribution in [3.8, 4) is 0 Å². The summed E-state index contributed by atoms with van der Waals surface area (Å²) in [5.74, 6) is -0.493. The average molecular weight is 384 g/mol. The number of ether oxygens (including phenoxy) is 1. The van der Waals surface area contributed by atoms with E-state index in [1.807, 2.05) is 60.7 Å². The Labute approximate surface area is 166 Å². The third kappa shape index (κ3) is 6.79. The molecule has 0 aliphatic rings. The van der Waals surface area contributed by atoms with Crippen LogP contribution in [0, 0.1) is 0 Å². The molecule has 0 radical (unpaired) electrons. The number of hydrogen-bond donors (Lipinski definition) is 2. The van der Waals surface area contributed by atoms with Crippen LogP contribution in [-0.4, -0.2) is 47.7 Å². The summed E-state index contributed by atoms with van der Waals surface area (Å²) in [6.45, 7) is 3.03. The van der Waals surface area contributed by atoms with Gasteiger partial charge in [0.15, 0.2) is 0 Å². The van der Waals surface area contributed by atoms with E-state index in [2.05, 4.69) is 10.2 Å². The second kappa shape index (κ2) is 11.9. The molecule has 2 atom stereocenters. The molecule has 0 saturated carbocycles. The molecule has 2 aromatic rings. The molecule has 0 heterocycles. The zero-order chi connectivity index (χ0) is 20.2. The number of esters is 1. The summed E-state index contributed by atoms with van der Waals surface area (Å²) in [5.41, 5.74) is 2.21. The highest BCUT2D eigenvalue weighted by Gasteiger charge is 2.27. The molecule has 6 nitrogen and oxygen atoms in total. The van der Waals surface area contributed by atoms with Crippen LogP contribution in [0.1, 0.15) is 24.5 Å². The van der Waals surface area contributed by atoms with E-state index in [1.54, 1.807) is 6.92 Å². The first-order chi connectivity index (χ1) is 13.7. The Balaban J connectivity index is 2.21. The summed E-state index contributed by atoms with van der Waals surface area (Å²) in [5, 5.41) is 12.6. The lowest BCUT2D eigenvalue weighted by Crippen LogP contribution is -2.46. The molecule has 0 bridgehead atoms. The lowest BCUT2D eigenvalue weighted by molar-refractivity contribution is -0.147. The minimum absolute atomic E-state index is 0.143. The Morgan fingerprint density at radius 3 is 2.04 bits per heavy atom. The van der Waals surface area contributed by atoms with E-state index in [9.17, 15) is 14.7 Å². The van der Waals surface area contributed by atoms with Crippen LogP contribution in [0.15, 0.2) is 60.7 Å². The van der Waals surface area contributed by atoms with Gasteiger partial charge in [-0.15, -0.1) is 0 Å². The number of nitrogens with one attached hydrogen (secondary N) is 1. The van der Waals surface area contributed by atoms with Crippen LogP contribution in [0.25, 0.3) is 0 Å². The first-order valence-electron chi connectivity index (χ1n) is 9.47. The van der Waals surface area contributed by atoms with E-state index in [4.69, 9.17) is 4.74 Å². The SMILES string of the molecule is CCOC(=O)[C@@H](C[C@H](CO)N(Cc1ccccc1)Cc1ccccc1)NC=O. The van der Waals surface area contributed by atoms with Gasteiger partial charge < -0.3 is 15.2 Å². The lowest BCUT2D eigenvalue weighted by Gasteiger charge is -2.32. The van der Waals surface area contributed by atoms with Crippen LogP contribution >= 0.6 is 0 Å². The largest absolute Gasteiger partial charge is 0.464 e. The third-order valence-corrected chi connectivity index (χ3v) is 4.53. The van der Waals surface area contributed by atoms with Gasteiger partial charge in [-0.1, -0.05) is 60.7 Å². The highest BCUT2D eigenvalue weighted by Crippen LogP contribution is 2.17. The van der Waals surface area contributed by atoms with Crippen molar-refractivity contribution in [3.63, 3.8) is 0 Å². The van der Waals surface area contributed by atoms with Gasteiger partial charge in [0, 0.05) is 19.1 Å². The normalized spacial score (nSPS) is 13.0. The summed E-state index contributed by atoms with van der Waals surface area (Å²) in [7, 11) is 0. The van der Waals surface area contributed by atoms with Crippen molar-refractivity contribution in [3.05, 3.63) is 71.8 Å². The van der Waals surface area contributed by atoms with E-state index >= 15 is 0 Å². The zero-order valence-corrected chi connectivity index (χ0v) is 16.2. The number of amides is 1. The van der Waals surface area contributed by atoms with Crippen molar-refractivity contribution in [1.82, 2.24) is 10.2 Å². The molecule has 0 spiro atoms. The van der Waals surface area contributed by atoms with Crippen molar-refractivity contribution < 1.29 is 19.4 Å². The Morgan fingerprint density at radius 2 is 1.61 bits per heavy atom. The number of hydrogen-bond acceptors (Lipinski definition) is 5. The van der Waals surface area contributed by atoms with Crippen LogP contribution in [0.3, 0.4) is 0 Å². The lowest BCUT2D eigenvalue weighted by atomic mass is 10.0. The van der Waals surface area contributed by atoms with Crippen molar-refractivity contribution in [2.75, 3.05) is 13.2 Å². The predicted molar refractivity (Wildman–Crippen MR) is 107 cm³/mol. The molecule has 0 aromatic heterocycles. The van der Waals surface area contributed by atoms with E-state index in [0.717, 1.165) is 11.1 Å². The maximum Gasteiger partial charge on any atom is 0.328 e. The van der Waals surface area contributed by atoms with Gasteiger partial charge in [-0.3, -0.25) is 9.69 Å². The fourth-order valence-electron chi connectivity index (χ4n) is 3.12. The first kappa shape index (κ1) is 21.6. The highest BCUT2D eigenvalue weighted by molar-refractivity contribution is 5.78. The van der Waals surface area contributed by atoms with Crippen LogP contribution in [0.5, 0.6) is 0 Å². The molecule has 6 heteroatoms. The van der Waals surface area contributed by atoms with Gasteiger partial charge in [0.05, 0.1) is 13.2 Å². The molecule has 1 amide bonds. The Hall–Kier alpha value is -2.70. The van der Waals surface area contributed by atoms with E-state index in [0.29, 0.717) is 19.5 Å². The van der Waals surface area contributed by atoms with Crippen LogP contribution in [0.2, 0.25) is 0 Å². The molecule has 0 saturated heterocycles. The van der Waals surface area contributed by atoms with Crippen molar-refractivity contribution >= 4 is 12.4 Å². The molecule has 2 N–H and O–H groups in total. The predicted octanol–water partition coefficient (Wildman–Crippen LogP) is 2.12. The monoisotopic (exact) mass is 384 g/mol. The number of aliphatic hydroxyl groups excluding tert-OH is 1. The van der Waals surface area contributed by atoms with Crippen molar-refractivity contribution in [2.45, 2.75) is 38.5 Å². The Kier molecular flexibility index (Phi) is 9.18. The fraction of sp³-hybridized carbons (Fsp3) is 0.364. The topological polar surface area (TPSA) is 78.9 Å². The molecule has 2 rings (SSSR count). The smallest absolute Gasteiger partial charge is 0.328 e. The third-order valence-electron chi connectivity index (χ3n) is 4.53. The number of nitrogens with zero attached hydrogens (tertiary/aromatic N) is 1. The number of rotatable bonds is 12. The fourth-order valence-corrected chi connectivity index (χ4v) is 3.12. The number of aliphatic hydroxyl groups is 1. The second-order valence-electron chi connectivity index (χ2n) is 6.54. The van der Waals surface area contributed by atoms with Gasteiger partial charge in [0.25, 0.3) is 0 Å². The van der Waals surface area contributed by atoms with Gasteiger partial charge in [-0.25, -0.2) is 4.79 Å². The molecule has 150 valence electrons. The summed E-state index contributed by atoms with van der Waals surface area (Å²) in [6, 6.07) is 18.8. The van der Waals surface area contributed by atoms with Gasteiger partial charge >= 0.3 is 5.97 Å². The summed E-state index contributed by atoms with van der Waals surface area (Å²) < 4.78 is 5.06. The molecule has 0 aliphatic carbocycles. The van der Waals surface area contributed by atoms with Crippen LogP contribution in [-0.2, 0) is 27.4 Å². The summed E-state index contributed by atoms with van der Waals surface area (Å²) in [6.07, 6.45) is 0.752. The maximum atomic E-state index is 12.2. The van der Waals surface area contributed by atoms with Gasteiger partial charge in [-0.05, 0) is 24.5 Å². The van der Waals surface area contributed by atoms with Crippen molar-refractivity contribution in [2.24, 2.45) is 0 Å². The van der Waals surface area contributed by atoms with Crippen LogP contribution < -0.4 is 5.32 Å². The number of carbonyl (C=O) groups is 2. The minimum Gasteiger partial charge on any atom is -0.464 e. The Bertz CT molecular complexity index is 667. The molecular formula is C22H28N2O4. The van der Waals surface area contributed by atoms with Gasteiger partial charge in [-0.2, -0.15) is 0 Å². The standard InChI is InChI=1S/C22H28N2O4/c1-2-28-22(27)21(23-17-26)13-20(16-25)24(14-18-9-5-3-6-10-18)15-19-11-7-4-8-12-19/h3-12,17,20-21,25H,2,13-16H2,1H3,(H,23,26)/t20-,21-/m1/s1. The van der Waals surface area contributed by atoms with E-state index < -0.39 is 12.0 Å². The number of benzene rings is 2. The van der Waals surface area contributed by atoms with E-state index in [1.165, 1.54) is 0 Å². The van der Waals surface area contributed by atoms with Gasteiger partial charge in [0.2, 0.25) is 6.41 Å². The second-order valence-corrected chi connectivity index (χ2v) is 6.54. The summed E-state index contributed by atoms with van der Waals surface area (Å²) >= 11 is 0. The maximum absolute atomic E-state index is 12.2. The molecule has 2 aromatic carbocycles. The molecular weight excluding hydrogens is 356 g/mol.